The minimum absolute atomic E-state index is 0.117. The quantitative estimate of drug-likeness (QED) is 0.798. The Bertz CT molecular complexity index is 782. The van der Waals surface area contributed by atoms with Crippen LogP contribution in [-0.2, 0) is 11.2 Å². The number of nitrogens with zero attached hydrogens (tertiary/aromatic N) is 2. The van der Waals surface area contributed by atoms with Crippen molar-refractivity contribution in [2.24, 2.45) is 11.0 Å². The summed E-state index contributed by atoms with van der Waals surface area (Å²) in [6.45, 7) is 0.785. The number of nitrogens with one attached hydrogen (secondary N) is 1. The molecule has 2 aromatic rings. The Hall–Kier alpha value is -2.62. The van der Waals surface area contributed by atoms with Crippen LogP contribution in [0.2, 0.25) is 0 Å². The zero-order chi connectivity index (χ0) is 18.5. The Morgan fingerprint density at radius 3 is 2.30 bits per heavy atom. The van der Waals surface area contributed by atoms with Crippen LogP contribution in [-0.4, -0.2) is 29.1 Å². The van der Waals surface area contributed by atoms with Gasteiger partial charge in [-0.2, -0.15) is 5.10 Å². The molecule has 0 aromatic heterocycles. The van der Waals surface area contributed by atoms with Crippen LogP contribution in [0.15, 0.2) is 65.8 Å². The van der Waals surface area contributed by atoms with E-state index in [0.717, 1.165) is 31.5 Å². The second kappa shape index (κ2) is 8.38. The molecule has 140 valence electrons. The first-order valence-corrected chi connectivity index (χ1v) is 10.0. The summed E-state index contributed by atoms with van der Waals surface area (Å²) < 4.78 is 0. The SMILES string of the molecule is O=C1/C(=N/Nc2ccccc2)[C@H](Cc2ccccc2)CN1C1CCCCC1. The summed E-state index contributed by atoms with van der Waals surface area (Å²) in [4.78, 5) is 15.3. The first kappa shape index (κ1) is 17.8. The zero-order valence-electron chi connectivity index (χ0n) is 15.7. The third-order valence-corrected chi connectivity index (χ3v) is 5.70. The summed E-state index contributed by atoms with van der Waals surface area (Å²) in [6.07, 6.45) is 6.86. The van der Waals surface area contributed by atoms with E-state index in [2.05, 4.69) is 39.7 Å². The van der Waals surface area contributed by atoms with Gasteiger partial charge in [-0.1, -0.05) is 67.8 Å². The summed E-state index contributed by atoms with van der Waals surface area (Å²) in [7, 11) is 0. The molecule has 2 aliphatic rings. The lowest BCUT2D eigenvalue weighted by atomic mass is 9.94. The van der Waals surface area contributed by atoms with E-state index in [1.807, 2.05) is 36.4 Å². The fraction of sp³-hybridized carbons (Fsp3) is 0.391. The monoisotopic (exact) mass is 361 g/mol. The van der Waals surface area contributed by atoms with E-state index in [1.54, 1.807) is 0 Å². The summed E-state index contributed by atoms with van der Waals surface area (Å²) in [6, 6.07) is 20.6. The van der Waals surface area contributed by atoms with E-state index in [0.29, 0.717) is 11.8 Å². The molecule has 4 nitrogen and oxygen atoms in total. The maximum Gasteiger partial charge on any atom is 0.270 e. The number of para-hydroxylation sites is 1. The van der Waals surface area contributed by atoms with Gasteiger partial charge in [-0.15, -0.1) is 0 Å². The minimum Gasteiger partial charge on any atom is -0.334 e. The fourth-order valence-corrected chi connectivity index (χ4v) is 4.27. The van der Waals surface area contributed by atoms with Crippen molar-refractivity contribution in [3.8, 4) is 0 Å². The first-order chi connectivity index (χ1) is 13.3. The highest BCUT2D eigenvalue weighted by Crippen LogP contribution is 2.29. The van der Waals surface area contributed by atoms with Gasteiger partial charge in [0.05, 0.1) is 5.69 Å². The van der Waals surface area contributed by atoms with E-state index in [-0.39, 0.29) is 11.8 Å². The molecular formula is C23H27N3O. The largest absolute Gasteiger partial charge is 0.334 e. The first-order valence-electron chi connectivity index (χ1n) is 10.0. The van der Waals surface area contributed by atoms with Crippen molar-refractivity contribution in [1.29, 1.82) is 0 Å². The summed E-state index contributed by atoms with van der Waals surface area (Å²) in [5.41, 5.74) is 5.94. The molecule has 4 heteroatoms. The topological polar surface area (TPSA) is 44.7 Å². The van der Waals surface area contributed by atoms with Crippen LogP contribution in [0.4, 0.5) is 5.69 Å². The van der Waals surface area contributed by atoms with Crippen molar-refractivity contribution < 1.29 is 4.79 Å². The van der Waals surface area contributed by atoms with Gasteiger partial charge >= 0.3 is 0 Å². The van der Waals surface area contributed by atoms with Gasteiger partial charge in [0.2, 0.25) is 0 Å². The maximum atomic E-state index is 13.2. The third kappa shape index (κ3) is 4.21. The van der Waals surface area contributed by atoms with Gasteiger partial charge in [0.15, 0.2) is 0 Å². The predicted octanol–water partition coefficient (Wildman–Crippen LogP) is 4.49. The van der Waals surface area contributed by atoms with Crippen molar-refractivity contribution in [2.75, 3.05) is 12.0 Å². The van der Waals surface area contributed by atoms with Gasteiger partial charge in [0.25, 0.3) is 5.91 Å². The zero-order valence-corrected chi connectivity index (χ0v) is 15.7. The molecular weight excluding hydrogens is 334 g/mol. The molecule has 2 fully saturated rings. The fourth-order valence-electron chi connectivity index (χ4n) is 4.27. The van der Waals surface area contributed by atoms with Crippen LogP contribution in [0.1, 0.15) is 37.7 Å². The van der Waals surface area contributed by atoms with Crippen molar-refractivity contribution in [3.63, 3.8) is 0 Å². The number of likely N-dealkylation sites (tertiary alicyclic amines) is 1. The number of amides is 1. The number of carbonyl (C=O) groups excluding carboxylic acids is 1. The molecule has 27 heavy (non-hydrogen) atoms. The molecule has 1 saturated heterocycles. The molecule has 0 unspecified atom stereocenters. The average molecular weight is 361 g/mol. The molecule has 1 atom stereocenters. The minimum atomic E-state index is 0.117. The van der Waals surface area contributed by atoms with Crippen LogP contribution in [0.25, 0.3) is 0 Å². The molecule has 1 saturated carbocycles. The highest BCUT2D eigenvalue weighted by Gasteiger charge is 2.40. The van der Waals surface area contributed by atoms with Gasteiger partial charge in [-0.05, 0) is 37.0 Å². The number of rotatable bonds is 5. The molecule has 1 aliphatic heterocycles. The predicted molar refractivity (Wildman–Crippen MR) is 110 cm³/mol. The number of hydrazone groups is 1. The highest BCUT2D eigenvalue weighted by molar-refractivity contribution is 6.41. The summed E-state index contributed by atoms with van der Waals surface area (Å²) in [5.74, 6) is 0.254. The Labute approximate surface area is 161 Å². The summed E-state index contributed by atoms with van der Waals surface area (Å²) in [5, 5.41) is 4.57. The van der Waals surface area contributed by atoms with E-state index >= 15 is 0 Å². The molecule has 4 rings (SSSR count). The van der Waals surface area contributed by atoms with Crippen molar-refractivity contribution in [3.05, 3.63) is 66.2 Å². The number of anilines is 1. The van der Waals surface area contributed by atoms with Crippen LogP contribution < -0.4 is 5.43 Å². The molecule has 0 bridgehead atoms. The molecule has 1 heterocycles. The van der Waals surface area contributed by atoms with Crippen molar-refractivity contribution >= 4 is 17.3 Å². The van der Waals surface area contributed by atoms with Crippen LogP contribution >= 0.6 is 0 Å². The lowest BCUT2D eigenvalue weighted by molar-refractivity contribution is -0.125. The van der Waals surface area contributed by atoms with E-state index < -0.39 is 0 Å². The molecule has 0 spiro atoms. The molecule has 2 aromatic carbocycles. The third-order valence-electron chi connectivity index (χ3n) is 5.70. The Balaban J connectivity index is 1.56. The van der Waals surface area contributed by atoms with Gasteiger partial charge in [-0.25, -0.2) is 0 Å². The van der Waals surface area contributed by atoms with Crippen molar-refractivity contribution in [1.82, 2.24) is 4.90 Å². The van der Waals surface area contributed by atoms with Gasteiger partial charge in [0, 0.05) is 18.5 Å². The van der Waals surface area contributed by atoms with E-state index in [4.69, 9.17) is 0 Å². The van der Waals surface area contributed by atoms with Gasteiger partial charge in [0.1, 0.15) is 5.71 Å². The summed E-state index contributed by atoms with van der Waals surface area (Å²) >= 11 is 0. The van der Waals surface area contributed by atoms with E-state index in [1.165, 1.54) is 24.8 Å². The number of hydrogen-bond donors (Lipinski definition) is 1. The average Bonchev–Trinajstić information content (AvgIpc) is 3.04. The normalized spacial score (nSPS) is 22.4. The smallest absolute Gasteiger partial charge is 0.270 e. The maximum absolute atomic E-state index is 13.2. The van der Waals surface area contributed by atoms with Gasteiger partial charge < -0.3 is 4.90 Å². The number of benzene rings is 2. The van der Waals surface area contributed by atoms with Crippen LogP contribution in [0.3, 0.4) is 0 Å². The Kier molecular flexibility index (Phi) is 5.52. The van der Waals surface area contributed by atoms with Crippen molar-refractivity contribution in [2.45, 2.75) is 44.6 Å². The van der Waals surface area contributed by atoms with E-state index in [9.17, 15) is 4.79 Å². The number of carbonyl (C=O) groups is 1. The lowest BCUT2D eigenvalue weighted by Gasteiger charge is -2.30. The molecule has 0 radical (unpaired) electrons. The van der Waals surface area contributed by atoms with Crippen LogP contribution in [0, 0.1) is 5.92 Å². The Morgan fingerprint density at radius 1 is 0.926 bits per heavy atom. The second-order valence-corrected chi connectivity index (χ2v) is 7.61. The molecule has 1 N–H and O–H groups in total. The number of hydrogen-bond acceptors (Lipinski definition) is 3. The van der Waals surface area contributed by atoms with Gasteiger partial charge in [-0.3, -0.25) is 10.2 Å². The molecule has 1 amide bonds. The Morgan fingerprint density at radius 2 is 1.59 bits per heavy atom. The molecule has 1 aliphatic carbocycles. The second-order valence-electron chi connectivity index (χ2n) is 7.61. The highest BCUT2D eigenvalue weighted by atomic mass is 16.2. The lowest BCUT2D eigenvalue weighted by Crippen LogP contribution is -2.39. The standard InChI is InChI=1S/C23H27N3O/c27-23-22(25-24-20-12-6-2-7-13-20)19(16-18-10-4-1-5-11-18)17-26(23)21-14-8-3-9-15-21/h1-2,4-7,10-13,19,21,24H,3,8-9,14-17H2/b25-22+/t19-/m1/s1. The van der Waals surface area contributed by atoms with Crippen LogP contribution in [0.5, 0.6) is 0 Å².